The van der Waals surface area contributed by atoms with E-state index in [1.807, 2.05) is 11.8 Å². The topological polar surface area (TPSA) is 4.93 Å². The number of nitrogens with zero attached hydrogens (tertiary/aromatic N) is 1. The molecule has 0 atom stereocenters. The third kappa shape index (κ3) is 3.77. The molecule has 0 saturated carbocycles. The molecular weight excluding hydrogens is 575 g/mol. The average molecular weight is 602 g/mol. The highest BCUT2D eigenvalue weighted by molar-refractivity contribution is 7.99. The molecule has 1 aliphatic rings. The third-order valence-electron chi connectivity index (χ3n) is 9.57. The van der Waals surface area contributed by atoms with Crippen LogP contribution in [0.1, 0.15) is 0 Å². The Morgan fingerprint density at radius 1 is 0.391 bits per heavy atom. The molecule has 0 N–H and O–H groups in total. The summed E-state index contributed by atoms with van der Waals surface area (Å²) in [5, 5.41) is 7.72. The number of hydrogen-bond donors (Lipinski definition) is 0. The number of hydrogen-bond acceptors (Lipinski definition) is 1. The molecule has 0 spiro atoms. The SMILES string of the molecule is c1ccc(-n2c3ccc(-c4ccccc4-c4ccc5c(c4)-c4cccc6cccc(c46)S5)cc3c3ccc4ccccc4c32)cc1. The van der Waals surface area contributed by atoms with Crippen molar-refractivity contribution in [3.8, 4) is 39.1 Å². The maximum atomic E-state index is 2.43. The molecule has 8 aromatic carbocycles. The average Bonchev–Trinajstić information content (AvgIpc) is 3.46. The van der Waals surface area contributed by atoms with Crippen molar-refractivity contribution in [1.82, 2.24) is 4.57 Å². The van der Waals surface area contributed by atoms with Crippen LogP contribution in [0, 0.1) is 0 Å². The first-order valence-corrected chi connectivity index (χ1v) is 16.6. The summed E-state index contributed by atoms with van der Waals surface area (Å²) < 4.78 is 2.43. The smallest absolute Gasteiger partial charge is 0.0619 e. The van der Waals surface area contributed by atoms with Gasteiger partial charge in [-0.1, -0.05) is 133 Å². The molecular formula is C44H27NS. The number of aromatic nitrogens is 1. The number of benzene rings is 8. The molecule has 1 aliphatic heterocycles. The fraction of sp³-hybridized carbons (Fsp3) is 0. The fourth-order valence-corrected chi connectivity index (χ4v) is 8.64. The van der Waals surface area contributed by atoms with Gasteiger partial charge in [0, 0.05) is 37.0 Å². The summed E-state index contributed by atoms with van der Waals surface area (Å²) in [5.74, 6) is 0. The largest absolute Gasteiger partial charge is 0.309 e. The van der Waals surface area contributed by atoms with Gasteiger partial charge in [0.2, 0.25) is 0 Å². The highest BCUT2D eigenvalue weighted by Gasteiger charge is 2.21. The number of rotatable bonds is 3. The molecule has 0 saturated heterocycles. The van der Waals surface area contributed by atoms with Crippen molar-refractivity contribution in [3.05, 3.63) is 164 Å². The molecule has 0 fully saturated rings. The Balaban J connectivity index is 1.18. The molecule has 0 radical (unpaired) electrons. The minimum Gasteiger partial charge on any atom is -0.309 e. The lowest BCUT2D eigenvalue weighted by Crippen LogP contribution is -1.94. The predicted octanol–water partition coefficient (Wildman–Crippen LogP) is 12.6. The van der Waals surface area contributed by atoms with E-state index in [1.54, 1.807) is 0 Å². The molecule has 1 aromatic heterocycles. The van der Waals surface area contributed by atoms with Gasteiger partial charge < -0.3 is 4.57 Å². The molecule has 214 valence electrons. The Morgan fingerprint density at radius 3 is 1.96 bits per heavy atom. The number of fused-ring (bicyclic) bond motifs is 7. The highest BCUT2D eigenvalue weighted by Crippen LogP contribution is 2.49. The van der Waals surface area contributed by atoms with Crippen LogP contribution in [0.4, 0.5) is 0 Å². The molecule has 0 amide bonds. The second-order valence-corrected chi connectivity index (χ2v) is 13.2. The first-order chi connectivity index (χ1) is 22.8. The Labute approximate surface area is 271 Å². The van der Waals surface area contributed by atoms with Crippen LogP contribution >= 0.6 is 11.8 Å². The van der Waals surface area contributed by atoms with E-state index in [-0.39, 0.29) is 0 Å². The fourth-order valence-electron chi connectivity index (χ4n) is 7.51. The summed E-state index contributed by atoms with van der Waals surface area (Å²) in [6.07, 6.45) is 0. The van der Waals surface area contributed by atoms with E-state index < -0.39 is 0 Å². The second kappa shape index (κ2) is 9.97. The van der Waals surface area contributed by atoms with Gasteiger partial charge in [0.25, 0.3) is 0 Å². The van der Waals surface area contributed by atoms with Gasteiger partial charge in [0.1, 0.15) is 0 Å². The zero-order chi connectivity index (χ0) is 30.2. The van der Waals surface area contributed by atoms with Crippen LogP contribution in [0.25, 0.3) is 82.4 Å². The minimum atomic E-state index is 1.18. The monoisotopic (exact) mass is 601 g/mol. The zero-order valence-electron chi connectivity index (χ0n) is 24.9. The Morgan fingerprint density at radius 2 is 1.09 bits per heavy atom. The van der Waals surface area contributed by atoms with E-state index in [9.17, 15) is 0 Å². The molecule has 2 heterocycles. The Bertz CT molecular complexity index is 2660. The van der Waals surface area contributed by atoms with Crippen LogP contribution < -0.4 is 0 Å². The van der Waals surface area contributed by atoms with Gasteiger partial charge in [0.05, 0.1) is 11.0 Å². The highest BCUT2D eigenvalue weighted by atomic mass is 32.2. The molecule has 2 heteroatoms. The summed E-state index contributed by atoms with van der Waals surface area (Å²) in [7, 11) is 0. The molecule has 0 bridgehead atoms. The summed E-state index contributed by atoms with van der Waals surface area (Å²) in [5.41, 5.74) is 11.2. The molecule has 0 unspecified atom stereocenters. The Hall–Kier alpha value is -5.57. The van der Waals surface area contributed by atoms with Gasteiger partial charge in [-0.15, -0.1) is 0 Å². The zero-order valence-corrected chi connectivity index (χ0v) is 25.8. The normalized spacial score (nSPS) is 12.3. The molecule has 0 aliphatic carbocycles. The molecule has 1 nitrogen and oxygen atoms in total. The maximum Gasteiger partial charge on any atom is 0.0619 e. The van der Waals surface area contributed by atoms with Gasteiger partial charge in [-0.25, -0.2) is 0 Å². The van der Waals surface area contributed by atoms with Crippen molar-refractivity contribution in [2.75, 3.05) is 0 Å². The molecule has 10 rings (SSSR count). The summed E-state index contributed by atoms with van der Waals surface area (Å²) in [6.45, 7) is 0. The van der Waals surface area contributed by atoms with E-state index >= 15 is 0 Å². The van der Waals surface area contributed by atoms with E-state index in [1.165, 1.54) is 92.2 Å². The van der Waals surface area contributed by atoms with Gasteiger partial charge in [-0.2, -0.15) is 0 Å². The predicted molar refractivity (Wildman–Crippen MR) is 196 cm³/mol. The summed E-state index contributed by atoms with van der Waals surface area (Å²) in [4.78, 5) is 2.65. The third-order valence-corrected chi connectivity index (χ3v) is 10.7. The first kappa shape index (κ1) is 25.7. The van der Waals surface area contributed by atoms with Crippen LogP contribution in [-0.2, 0) is 0 Å². The number of para-hydroxylation sites is 1. The van der Waals surface area contributed by atoms with E-state index in [2.05, 4.69) is 168 Å². The lowest BCUT2D eigenvalue weighted by atomic mass is 9.91. The van der Waals surface area contributed by atoms with E-state index in [0.29, 0.717) is 0 Å². The van der Waals surface area contributed by atoms with Gasteiger partial charge in [-0.05, 0) is 86.6 Å². The summed E-state index contributed by atoms with van der Waals surface area (Å²) >= 11 is 1.88. The van der Waals surface area contributed by atoms with Crippen LogP contribution in [0.3, 0.4) is 0 Å². The van der Waals surface area contributed by atoms with Crippen LogP contribution in [-0.4, -0.2) is 4.57 Å². The van der Waals surface area contributed by atoms with E-state index in [4.69, 9.17) is 0 Å². The van der Waals surface area contributed by atoms with Crippen molar-refractivity contribution >= 4 is 55.1 Å². The van der Waals surface area contributed by atoms with Crippen LogP contribution in [0.15, 0.2) is 174 Å². The summed E-state index contributed by atoms with van der Waals surface area (Å²) in [6, 6.07) is 60.2. The van der Waals surface area contributed by atoms with Crippen LogP contribution in [0.5, 0.6) is 0 Å². The van der Waals surface area contributed by atoms with E-state index in [0.717, 1.165) is 0 Å². The molecule has 46 heavy (non-hydrogen) atoms. The minimum absolute atomic E-state index is 1.18. The van der Waals surface area contributed by atoms with Gasteiger partial charge in [-0.3, -0.25) is 0 Å². The second-order valence-electron chi connectivity index (χ2n) is 12.1. The standard InChI is InChI=1S/C44H27NS/c1-2-13-32(14-3-1)45-40-24-21-30(26-38(40)37-23-20-28-10-4-5-17-35(28)44(37)45)33-15-6-7-16-34(33)31-22-25-41-39(27-31)36-18-8-11-29-12-9-19-42(46-41)43(29)36/h1-27H. The van der Waals surface area contributed by atoms with Crippen molar-refractivity contribution in [3.63, 3.8) is 0 Å². The lowest BCUT2D eigenvalue weighted by molar-refractivity contribution is 1.19. The molecule has 9 aromatic rings. The van der Waals surface area contributed by atoms with Crippen LogP contribution in [0.2, 0.25) is 0 Å². The van der Waals surface area contributed by atoms with Gasteiger partial charge >= 0.3 is 0 Å². The van der Waals surface area contributed by atoms with Crippen molar-refractivity contribution in [2.24, 2.45) is 0 Å². The quantitative estimate of drug-likeness (QED) is 0.195. The maximum absolute atomic E-state index is 2.43. The first-order valence-electron chi connectivity index (χ1n) is 15.8. The van der Waals surface area contributed by atoms with Crippen molar-refractivity contribution in [2.45, 2.75) is 9.79 Å². The lowest BCUT2D eigenvalue weighted by Gasteiger charge is -2.21. The van der Waals surface area contributed by atoms with Crippen molar-refractivity contribution < 1.29 is 0 Å². The van der Waals surface area contributed by atoms with Gasteiger partial charge in [0.15, 0.2) is 0 Å². The van der Waals surface area contributed by atoms with Crippen molar-refractivity contribution in [1.29, 1.82) is 0 Å². The Kier molecular flexibility index (Phi) is 5.58.